The van der Waals surface area contributed by atoms with Crippen LogP contribution < -0.4 is 5.32 Å². The van der Waals surface area contributed by atoms with Crippen molar-refractivity contribution in [3.8, 4) is 12.1 Å². The zero-order chi connectivity index (χ0) is 8.69. The van der Waals surface area contributed by atoms with E-state index < -0.39 is 13.0 Å². The number of hydrogen-bond donors (Lipinski definition) is 1. The Labute approximate surface area is 74.7 Å². The van der Waals surface area contributed by atoms with Crippen LogP contribution >= 0.6 is 12.4 Å². The Kier molecular flexibility index (Phi) is 8.60. The minimum absolute atomic E-state index is 0. The molecule has 0 fully saturated rings. The summed E-state index contributed by atoms with van der Waals surface area (Å²) in [7, 11) is 0. The maximum absolute atomic E-state index is 11.4. The van der Waals surface area contributed by atoms with E-state index in [1.807, 2.05) is 0 Å². The first kappa shape index (κ1) is 13.3. The number of alkyl halides is 2. The van der Waals surface area contributed by atoms with Crippen LogP contribution in [0.25, 0.3) is 0 Å². The second-order valence-electron chi connectivity index (χ2n) is 1.58. The maximum atomic E-state index is 11.4. The Morgan fingerprint density at radius 2 is 1.92 bits per heavy atom. The van der Waals surface area contributed by atoms with E-state index in [-0.39, 0.29) is 18.0 Å². The summed E-state index contributed by atoms with van der Waals surface area (Å²) >= 11 is 0. The number of rotatable bonds is 3. The molecule has 1 N–H and O–H groups in total. The summed E-state index contributed by atoms with van der Waals surface area (Å²) in [4.78, 5) is 0. The lowest BCUT2D eigenvalue weighted by molar-refractivity contribution is 0.150. The van der Waals surface area contributed by atoms with Crippen LogP contribution in [0.4, 0.5) is 8.78 Å². The molecule has 0 heterocycles. The molecule has 0 saturated carbocycles. The molecule has 0 bridgehead atoms. The van der Waals surface area contributed by atoms with Crippen molar-refractivity contribution < 1.29 is 8.78 Å². The molecule has 0 aliphatic heterocycles. The molecule has 0 aliphatic rings. The van der Waals surface area contributed by atoms with E-state index in [9.17, 15) is 8.78 Å². The number of nitriles is 2. The molecule has 0 unspecified atom stereocenters. The molecule has 0 saturated heterocycles. The van der Waals surface area contributed by atoms with Gasteiger partial charge in [0.2, 0.25) is 0 Å². The van der Waals surface area contributed by atoms with Gasteiger partial charge in [-0.15, -0.1) is 12.4 Å². The van der Waals surface area contributed by atoms with Gasteiger partial charge in [-0.3, -0.25) is 0 Å². The van der Waals surface area contributed by atoms with Crippen molar-refractivity contribution in [3.05, 3.63) is 11.8 Å². The highest BCUT2D eigenvalue weighted by molar-refractivity contribution is 5.85. The zero-order valence-corrected chi connectivity index (χ0v) is 6.74. The van der Waals surface area contributed by atoms with Gasteiger partial charge in [0.1, 0.15) is 17.7 Å². The number of halogens is 3. The van der Waals surface area contributed by atoms with Crippen molar-refractivity contribution in [3.63, 3.8) is 0 Å². The van der Waals surface area contributed by atoms with Gasteiger partial charge >= 0.3 is 0 Å². The molecule has 3 nitrogen and oxygen atoms in total. The van der Waals surface area contributed by atoms with Gasteiger partial charge in [-0.25, -0.2) is 8.78 Å². The zero-order valence-electron chi connectivity index (χ0n) is 5.92. The molecule has 12 heavy (non-hydrogen) atoms. The summed E-state index contributed by atoms with van der Waals surface area (Å²) in [6.07, 6.45) is -1.52. The van der Waals surface area contributed by atoms with Crippen LogP contribution in [-0.2, 0) is 0 Å². The Morgan fingerprint density at radius 1 is 1.42 bits per heavy atom. The van der Waals surface area contributed by atoms with Crippen molar-refractivity contribution in [2.75, 3.05) is 6.54 Å². The van der Waals surface area contributed by atoms with E-state index in [4.69, 9.17) is 10.5 Å². The van der Waals surface area contributed by atoms with E-state index in [1.54, 1.807) is 0 Å². The summed E-state index contributed by atoms with van der Waals surface area (Å²) in [5, 5.41) is 18.4. The third-order valence-corrected chi connectivity index (χ3v) is 0.759. The fourth-order valence-corrected chi connectivity index (χ4v) is 0.340. The smallest absolute Gasteiger partial charge is 0.255 e. The van der Waals surface area contributed by atoms with E-state index >= 15 is 0 Å². The molecule has 0 aromatic rings. The highest BCUT2D eigenvalue weighted by Gasteiger charge is 1.98. The number of nitrogens with zero attached hydrogens (tertiary/aromatic N) is 2. The van der Waals surface area contributed by atoms with Gasteiger partial charge in [0.05, 0.1) is 6.54 Å². The van der Waals surface area contributed by atoms with Gasteiger partial charge in [-0.1, -0.05) is 0 Å². The summed E-state index contributed by atoms with van der Waals surface area (Å²) in [5.74, 6) is 0. The molecule has 66 valence electrons. The average Bonchev–Trinajstić information content (AvgIpc) is 1.98. The maximum Gasteiger partial charge on any atom is 0.255 e. The van der Waals surface area contributed by atoms with Gasteiger partial charge in [-0.05, 0) is 0 Å². The first-order valence-corrected chi connectivity index (χ1v) is 2.72. The summed E-state index contributed by atoms with van der Waals surface area (Å²) < 4.78 is 22.9. The molecule has 0 aromatic heterocycles. The lowest BCUT2D eigenvalue weighted by atomic mass is 10.3. The second kappa shape index (κ2) is 7.77. The largest absolute Gasteiger partial charge is 0.384 e. The topological polar surface area (TPSA) is 59.6 Å². The Balaban J connectivity index is 0. The highest BCUT2D eigenvalue weighted by atomic mass is 35.5. The van der Waals surface area contributed by atoms with Gasteiger partial charge in [0, 0.05) is 6.20 Å². The molecule has 0 spiro atoms. The average molecular weight is 194 g/mol. The van der Waals surface area contributed by atoms with Crippen LogP contribution in [0.5, 0.6) is 0 Å². The molecule has 0 atom stereocenters. The number of hydrogen-bond acceptors (Lipinski definition) is 3. The Hall–Kier alpha value is -1.33. The van der Waals surface area contributed by atoms with E-state index in [0.29, 0.717) is 0 Å². The first-order chi connectivity index (χ1) is 5.20. The monoisotopic (exact) mass is 193 g/mol. The minimum atomic E-state index is -2.48. The van der Waals surface area contributed by atoms with Crippen molar-refractivity contribution in [2.24, 2.45) is 0 Å². The minimum Gasteiger partial charge on any atom is -0.384 e. The summed E-state index contributed by atoms with van der Waals surface area (Å²) in [5.41, 5.74) is -0.217. The van der Waals surface area contributed by atoms with E-state index in [1.165, 1.54) is 12.1 Å². The third kappa shape index (κ3) is 6.79. The van der Waals surface area contributed by atoms with Gasteiger partial charge in [0.15, 0.2) is 0 Å². The molecule has 0 radical (unpaired) electrons. The van der Waals surface area contributed by atoms with Crippen molar-refractivity contribution in [1.82, 2.24) is 5.32 Å². The molecule has 6 heteroatoms. The normalized spacial score (nSPS) is 7.42. The summed E-state index contributed by atoms with van der Waals surface area (Å²) in [6.45, 7) is -0.549. The predicted octanol–water partition coefficient (Wildman–Crippen LogP) is 1.19. The molecular formula is C6H6ClF2N3. The predicted molar refractivity (Wildman–Crippen MR) is 40.6 cm³/mol. The molecule has 0 amide bonds. The fraction of sp³-hybridized carbons (Fsp3) is 0.333. The lowest BCUT2D eigenvalue weighted by Gasteiger charge is -1.96. The van der Waals surface area contributed by atoms with Gasteiger partial charge < -0.3 is 5.32 Å². The highest BCUT2D eigenvalue weighted by Crippen LogP contribution is 1.89. The van der Waals surface area contributed by atoms with Crippen LogP contribution in [0.15, 0.2) is 11.8 Å². The van der Waals surface area contributed by atoms with Crippen LogP contribution in [0.2, 0.25) is 0 Å². The Morgan fingerprint density at radius 3 is 2.25 bits per heavy atom. The van der Waals surface area contributed by atoms with Crippen LogP contribution in [0.3, 0.4) is 0 Å². The van der Waals surface area contributed by atoms with Gasteiger partial charge in [-0.2, -0.15) is 10.5 Å². The van der Waals surface area contributed by atoms with E-state index in [2.05, 4.69) is 5.32 Å². The summed E-state index contributed by atoms with van der Waals surface area (Å²) in [6, 6.07) is 3.04. The lowest BCUT2D eigenvalue weighted by Crippen LogP contribution is -2.15. The molecule has 0 rings (SSSR count). The Bertz CT molecular complexity index is 210. The van der Waals surface area contributed by atoms with Crippen LogP contribution in [0, 0.1) is 22.7 Å². The first-order valence-electron chi connectivity index (χ1n) is 2.72. The number of allylic oxidation sites excluding steroid dienone is 1. The molecule has 0 aromatic carbocycles. The van der Waals surface area contributed by atoms with Crippen molar-refractivity contribution >= 4 is 12.4 Å². The quantitative estimate of drug-likeness (QED) is 0.685. The molecular weight excluding hydrogens is 188 g/mol. The molecule has 0 aliphatic carbocycles. The van der Waals surface area contributed by atoms with Crippen LogP contribution in [-0.4, -0.2) is 13.0 Å². The van der Waals surface area contributed by atoms with Gasteiger partial charge in [0.25, 0.3) is 6.43 Å². The third-order valence-electron chi connectivity index (χ3n) is 0.759. The second-order valence-corrected chi connectivity index (χ2v) is 1.58. The van der Waals surface area contributed by atoms with E-state index in [0.717, 1.165) is 6.20 Å². The standard InChI is InChI=1S/C6H5F2N3.ClH/c7-6(8)4-11-3-5(1-9)2-10;/h3,6,11H,4H2;1H. The van der Waals surface area contributed by atoms with Crippen molar-refractivity contribution in [2.45, 2.75) is 6.43 Å². The fourth-order valence-electron chi connectivity index (χ4n) is 0.340. The number of nitrogens with one attached hydrogen (secondary N) is 1. The SMILES string of the molecule is Cl.N#CC(C#N)=CNCC(F)F. The van der Waals surface area contributed by atoms with Crippen molar-refractivity contribution in [1.29, 1.82) is 10.5 Å². The van der Waals surface area contributed by atoms with Crippen LogP contribution in [0.1, 0.15) is 0 Å².